The molecule has 0 aromatic rings. The van der Waals surface area contributed by atoms with Gasteiger partial charge in [-0.1, -0.05) is 56.4 Å². The summed E-state index contributed by atoms with van der Waals surface area (Å²) in [6.07, 6.45) is 8.80. The van der Waals surface area contributed by atoms with Gasteiger partial charge in [-0.25, -0.2) is 0 Å². The molecule has 1 aliphatic heterocycles. The van der Waals surface area contributed by atoms with Crippen LogP contribution in [0.15, 0.2) is 0 Å². The summed E-state index contributed by atoms with van der Waals surface area (Å²) in [5.41, 5.74) is 2.23. The molecular formula is C18H35P. The van der Waals surface area contributed by atoms with Gasteiger partial charge in [0.1, 0.15) is 0 Å². The summed E-state index contributed by atoms with van der Waals surface area (Å²) < 4.78 is 0. The number of fused-ring (bicyclic) bond motifs is 1. The smallest absolute Gasteiger partial charge is 0.0148 e. The Hall–Kier alpha value is 0.430. The summed E-state index contributed by atoms with van der Waals surface area (Å²) in [4.78, 5) is 0. The average molecular weight is 282 g/mol. The molecule has 0 aromatic carbocycles. The molecule has 0 spiro atoms. The molecule has 1 heterocycles. The van der Waals surface area contributed by atoms with E-state index in [2.05, 4.69) is 48.5 Å². The lowest BCUT2D eigenvalue weighted by Gasteiger charge is -2.54. The summed E-state index contributed by atoms with van der Waals surface area (Å²) in [6, 6.07) is 0. The van der Waals surface area contributed by atoms with E-state index < -0.39 is 0 Å². The maximum atomic E-state index is 2.63. The lowest BCUT2D eigenvalue weighted by Crippen LogP contribution is -2.42. The van der Waals surface area contributed by atoms with Crippen LogP contribution in [0.3, 0.4) is 0 Å². The molecule has 112 valence electrons. The highest BCUT2D eigenvalue weighted by Gasteiger charge is 2.51. The lowest BCUT2D eigenvalue weighted by atomic mass is 9.70. The molecule has 1 heteroatoms. The van der Waals surface area contributed by atoms with Gasteiger partial charge in [0.15, 0.2) is 0 Å². The van der Waals surface area contributed by atoms with Crippen molar-refractivity contribution in [1.82, 2.24) is 0 Å². The quantitative estimate of drug-likeness (QED) is 0.496. The fourth-order valence-corrected chi connectivity index (χ4v) is 8.79. The van der Waals surface area contributed by atoms with Crippen molar-refractivity contribution < 1.29 is 0 Å². The molecule has 0 nitrogen and oxygen atoms in total. The van der Waals surface area contributed by atoms with Gasteiger partial charge in [0, 0.05) is 0 Å². The Morgan fingerprint density at radius 3 is 2.21 bits per heavy atom. The van der Waals surface area contributed by atoms with Gasteiger partial charge in [0.25, 0.3) is 0 Å². The summed E-state index contributed by atoms with van der Waals surface area (Å²) in [5, 5.41) is 0.631. The first-order chi connectivity index (χ1) is 8.62. The Bertz CT molecular complexity index is 331. The minimum Gasteiger partial charge on any atom is -0.0974 e. The van der Waals surface area contributed by atoms with E-state index in [-0.39, 0.29) is 7.92 Å². The first-order valence-corrected chi connectivity index (χ1v) is 9.99. The van der Waals surface area contributed by atoms with Crippen LogP contribution in [-0.4, -0.2) is 17.0 Å². The molecule has 4 unspecified atom stereocenters. The maximum Gasteiger partial charge on any atom is -0.0148 e. The highest BCUT2D eigenvalue weighted by Crippen LogP contribution is 2.69. The minimum atomic E-state index is 0.204. The molecule has 4 atom stereocenters. The molecular weight excluding hydrogens is 247 g/mol. The number of hydrogen-bond donors (Lipinski definition) is 0. The van der Waals surface area contributed by atoms with Crippen LogP contribution in [0.5, 0.6) is 0 Å². The zero-order valence-corrected chi connectivity index (χ0v) is 15.2. The van der Waals surface area contributed by atoms with Crippen molar-refractivity contribution in [2.75, 3.05) is 6.16 Å². The van der Waals surface area contributed by atoms with E-state index in [1.165, 1.54) is 38.3 Å². The van der Waals surface area contributed by atoms with E-state index >= 15 is 0 Å². The molecule has 1 aliphatic carbocycles. The van der Waals surface area contributed by atoms with Crippen molar-refractivity contribution in [2.24, 2.45) is 16.7 Å². The van der Waals surface area contributed by atoms with Gasteiger partial charge in [0.05, 0.1) is 0 Å². The Balaban J connectivity index is 2.32. The van der Waals surface area contributed by atoms with Crippen molar-refractivity contribution in [2.45, 2.75) is 91.4 Å². The van der Waals surface area contributed by atoms with Crippen LogP contribution in [0.1, 0.15) is 80.6 Å². The molecule has 0 amide bonds. The Morgan fingerprint density at radius 1 is 1.00 bits per heavy atom. The highest BCUT2D eigenvalue weighted by atomic mass is 31.1. The van der Waals surface area contributed by atoms with E-state index in [9.17, 15) is 0 Å². The third kappa shape index (κ3) is 2.76. The molecule has 2 aliphatic rings. The third-order valence-electron chi connectivity index (χ3n) is 6.78. The van der Waals surface area contributed by atoms with E-state index in [1.54, 1.807) is 0 Å². The van der Waals surface area contributed by atoms with Crippen LogP contribution >= 0.6 is 7.92 Å². The largest absolute Gasteiger partial charge is 0.0974 e. The Labute approximate surface area is 122 Å². The van der Waals surface area contributed by atoms with Crippen molar-refractivity contribution in [3.63, 3.8) is 0 Å². The number of hydrogen-bond acceptors (Lipinski definition) is 0. The molecule has 19 heavy (non-hydrogen) atoms. The van der Waals surface area contributed by atoms with Gasteiger partial charge >= 0.3 is 0 Å². The van der Waals surface area contributed by atoms with Crippen LogP contribution in [0.2, 0.25) is 0 Å². The second-order valence-electron chi connectivity index (χ2n) is 8.90. The Kier molecular flexibility index (Phi) is 4.17. The minimum absolute atomic E-state index is 0.204. The van der Waals surface area contributed by atoms with Gasteiger partial charge in [-0.05, 0) is 65.8 Å². The van der Waals surface area contributed by atoms with Crippen molar-refractivity contribution >= 4 is 7.92 Å². The van der Waals surface area contributed by atoms with Crippen LogP contribution in [0, 0.1) is 16.7 Å². The van der Waals surface area contributed by atoms with Gasteiger partial charge < -0.3 is 0 Å². The predicted octanol–water partition coefficient (Wildman–Crippen LogP) is 6.28. The normalized spacial score (nSPS) is 45.3. The summed E-state index contributed by atoms with van der Waals surface area (Å²) in [6.45, 7) is 17.7. The molecule has 1 saturated carbocycles. The van der Waals surface area contributed by atoms with E-state index in [0.29, 0.717) is 16.0 Å². The highest BCUT2D eigenvalue weighted by molar-refractivity contribution is 7.60. The topological polar surface area (TPSA) is 0 Å². The standard InChI is InChI=1S/C18H35P/c1-8-19-15-9-10-16(3,4)14(2)13-18(15,7)12-11-17(19,5)6/h14-15H,8-13H2,1-7H3. The Morgan fingerprint density at radius 2 is 1.63 bits per heavy atom. The summed E-state index contributed by atoms with van der Waals surface area (Å²) >= 11 is 0. The van der Waals surface area contributed by atoms with Gasteiger partial charge in [-0.15, -0.1) is 0 Å². The van der Waals surface area contributed by atoms with Crippen LogP contribution in [0.25, 0.3) is 0 Å². The first kappa shape index (κ1) is 15.8. The second kappa shape index (κ2) is 5.01. The molecule has 0 aromatic heterocycles. The summed E-state index contributed by atoms with van der Waals surface area (Å²) in [5.74, 6) is 0.886. The zero-order chi connectivity index (χ0) is 14.5. The average Bonchev–Trinajstić information content (AvgIpc) is 2.37. The van der Waals surface area contributed by atoms with E-state index in [4.69, 9.17) is 0 Å². The fraction of sp³-hybridized carbons (Fsp3) is 1.00. The number of rotatable bonds is 1. The zero-order valence-electron chi connectivity index (χ0n) is 14.3. The van der Waals surface area contributed by atoms with Gasteiger partial charge in [-0.3, -0.25) is 0 Å². The van der Waals surface area contributed by atoms with Crippen molar-refractivity contribution in [1.29, 1.82) is 0 Å². The fourth-order valence-electron chi connectivity index (χ4n) is 4.82. The van der Waals surface area contributed by atoms with E-state index in [1.807, 2.05) is 0 Å². The third-order valence-corrected chi connectivity index (χ3v) is 10.9. The van der Waals surface area contributed by atoms with Gasteiger partial charge in [-0.2, -0.15) is 0 Å². The SMILES string of the molecule is CCP1C2CCC(C)(C)C(C)CC2(C)CCC1(C)C. The monoisotopic (exact) mass is 282 g/mol. The molecule has 0 N–H and O–H groups in total. The molecule has 0 bridgehead atoms. The van der Waals surface area contributed by atoms with Crippen molar-refractivity contribution in [3.05, 3.63) is 0 Å². The molecule has 1 saturated heterocycles. The molecule has 0 radical (unpaired) electrons. The van der Waals surface area contributed by atoms with Crippen molar-refractivity contribution in [3.8, 4) is 0 Å². The summed E-state index contributed by atoms with van der Waals surface area (Å²) in [7, 11) is 0.204. The van der Waals surface area contributed by atoms with Crippen LogP contribution < -0.4 is 0 Å². The second-order valence-corrected chi connectivity index (χ2v) is 12.3. The maximum absolute atomic E-state index is 2.63. The van der Waals surface area contributed by atoms with E-state index in [0.717, 1.165) is 11.6 Å². The predicted molar refractivity (Wildman–Crippen MR) is 89.5 cm³/mol. The molecule has 2 fully saturated rings. The van der Waals surface area contributed by atoms with Crippen LogP contribution in [-0.2, 0) is 0 Å². The molecule has 2 rings (SSSR count). The first-order valence-electron chi connectivity index (χ1n) is 8.39. The van der Waals surface area contributed by atoms with Gasteiger partial charge in [0.2, 0.25) is 0 Å². The lowest BCUT2D eigenvalue weighted by molar-refractivity contribution is 0.154. The van der Waals surface area contributed by atoms with Crippen LogP contribution in [0.4, 0.5) is 0 Å².